The van der Waals surface area contributed by atoms with E-state index in [2.05, 4.69) is 23.3 Å². The molecule has 0 aromatic heterocycles. The van der Waals surface area contributed by atoms with Crippen molar-refractivity contribution >= 4 is 36.5 Å². The van der Waals surface area contributed by atoms with Crippen molar-refractivity contribution in [1.82, 2.24) is 15.5 Å². The van der Waals surface area contributed by atoms with Crippen LogP contribution >= 0.6 is 12.6 Å². The number of rotatable bonds is 10. The fourth-order valence-corrected chi connectivity index (χ4v) is 3.81. The summed E-state index contributed by atoms with van der Waals surface area (Å²) in [4.78, 5) is 52.9. The number of amides is 3. The molecule has 1 aromatic rings. The van der Waals surface area contributed by atoms with Crippen LogP contribution in [0.5, 0.6) is 5.75 Å². The molecule has 11 heteroatoms. The lowest BCUT2D eigenvalue weighted by molar-refractivity contribution is -0.148. The molecule has 3 N–H and O–H groups in total. The van der Waals surface area contributed by atoms with Gasteiger partial charge in [0.1, 0.15) is 23.4 Å². The third-order valence-electron chi connectivity index (χ3n) is 5.14. The van der Waals surface area contributed by atoms with Gasteiger partial charge in [0.15, 0.2) is 0 Å². The predicted octanol–water partition coefficient (Wildman–Crippen LogP) is 3.26. The van der Waals surface area contributed by atoms with Crippen molar-refractivity contribution in [3.8, 4) is 5.75 Å². The molecule has 0 aliphatic heterocycles. The Hall–Kier alpha value is -2.95. The molecule has 0 saturated heterocycles. The Kier molecular flexibility index (Phi) is 11.8. The molecule has 0 radical (unpaired) electrons. The second-order valence-electron chi connectivity index (χ2n) is 10.5. The number of alkyl carbamates (subject to hydrolysis) is 1. The number of nitrogens with zero attached hydrogens (tertiary/aromatic N) is 1. The third-order valence-corrected chi connectivity index (χ3v) is 5.50. The summed E-state index contributed by atoms with van der Waals surface area (Å²) in [7, 11) is 0. The summed E-state index contributed by atoms with van der Waals surface area (Å²) in [6, 6.07) is 2.50. The lowest BCUT2D eigenvalue weighted by atomic mass is 9.94. The number of thiol groups is 1. The second-order valence-corrected chi connectivity index (χ2v) is 10.9. The maximum atomic E-state index is 13.9. The molecular formula is C26H41N3O7S. The molecule has 10 nitrogen and oxygen atoms in total. The number of phenolic OH excluding ortho intramolecular Hbond substituents is 1. The van der Waals surface area contributed by atoms with Crippen molar-refractivity contribution in [3.05, 3.63) is 29.3 Å². The van der Waals surface area contributed by atoms with Crippen LogP contribution in [0.1, 0.15) is 72.1 Å². The maximum Gasteiger partial charge on any atom is 0.408 e. The average Bonchev–Trinajstić information content (AvgIpc) is 2.75. The highest BCUT2D eigenvalue weighted by Crippen LogP contribution is 2.36. The van der Waals surface area contributed by atoms with Gasteiger partial charge in [0, 0.05) is 23.4 Å². The molecule has 0 spiro atoms. The zero-order valence-corrected chi connectivity index (χ0v) is 23.9. The van der Waals surface area contributed by atoms with Gasteiger partial charge in [-0.15, -0.1) is 0 Å². The second kappa shape index (κ2) is 13.6. The van der Waals surface area contributed by atoms with Gasteiger partial charge in [-0.1, -0.05) is 18.2 Å². The Morgan fingerprint density at radius 2 is 1.73 bits per heavy atom. The summed E-state index contributed by atoms with van der Waals surface area (Å²) in [5.74, 6) is -1.89. The lowest BCUT2D eigenvalue weighted by Crippen LogP contribution is -2.59. The van der Waals surface area contributed by atoms with Crippen molar-refractivity contribution in [3.63, 3.8) is 0 Å². The van der Waals surface area contributed by atoms with E-state index >= 15 is 0 Å². The standard InChI is InChI=1S/C26H41N3O7S/c1-9-35-19(30)13-14-27-22(32)20(17-12-10-11-16(2)21(17)31)29(25(3,4)5)23(33)18(15-37)28-24(34)36-26(6,7)8/h10-12,18,20,31,37H,9,13-15H2,1-8H3,(H,27,32)(H,28,34). The molecule has 0 bridgehead atoms. The smallest absolute Gasteiger partial charge is 0.408 e. The van der Waals surface area contributed by atoms with Crippen LogP contribution in [0.25, 0.3) is 0 Å². The third kappa shape index (κ3) is 9.79. The number of esters is 1. The molecule has 0 aliphatic carbocycles. The first-order chi connectivity index (χ1) is 17.0. The molecular weight excluding hydrogens is 498 g/mol. The molecule has 0 saturated carbocycles. The summed E-state index contributed by atoms with van der Waals surface area (Å²) in [5.41, 5.74) is -1.01. The van der Waals surface area contributed by atoms with Crippen LogP contribution in [0.2, 0.25) is 0 Å². The molecule has 208 valence electrons. The minimum atomic E-state index is -1.28. The first-order valence-corrected chi connectivity index (χ1v) is 12.8. The van der Waals surface area contributed by atoms with E-state index in [4.69, 9.17) is 9.47 Å². The first kappa shape index (κ1) is 32.1. The van der Waals surface area contributed by atoms with Gasteiger partial charge < -0.3 is 30.1 Å². The van der Waals surface area contributed by atoms with E-state index in [9.17, 15) is 24.3 Å². The highest BCUT2D eigenvalue weighted by Gasteiger charge is 2.42. The van der Waals surface area contributed by atoms with E-state index in [1.165, 1.54) is 4.90 Å². The van der Waals surface area contributed by atoms with Crippen molar-refractivity contribution in [1.29, 1.82) is 0 Å². The molecule has 3 amide bonds. The van der Waals surface area contributed by atoms with Crippen LogP contribution in [0, 0.1) is 6.92 Å². The zero-order valence-electron chi connectivity index (χ0n) is 23.0. The van der Waals surface area contributed by atoms with Crippen LogP contribution in [0.3, 0.4) is 0 Å². The van der Waals surface area contributed by atoms with E-state index in [-0.39, 0.29) is 36.6 Å². The first-order valence-electron chi connectivity index (χ1n) is 12.2. The summed E-state index contributed by atoms with van der Waals surface area (Å²) < 4.78 is 10.2. The number of phenols is 1. The molecule has 1 rings (SSSR count). The van der Waals surface area contributed by atoms with E-state index in [1.807, 2.05) is 0 Å². The maximum absolute atomic E-state index is 13.9. The Morgan fingerprint density at radius 1 is 1.11 bits per heavy atom. The number of aromatic hydroxyl groups is 1. The van der Waals surface area contributed by atoms with Gasteiger partial charge >= 0.3 is 12.1 Å². The van der Waals surface area contributed by atoms with E-state index < -0.39 is 47.1 Å². The number of aryl methyl sites for hydroxylation is 1. The normalized spacial score (nSPS) is 13.2. The zero-order chi connectivity index (χ0) is 28.6. The van der Waals surface area contributed by atoms with Gasteiger partial charge in [0.25, 0.3) is 0 Å². The topological polar surface area (TPSA) is 134 Å². The number of benzene rings is 1. The highest BCUT2D eigenvalue weighted by atomic mass is 32.1. The van der Waals surface area contributed by atoms with Crippen LogP contribution in [-0.4, -0.2) is 70.0 Å². The fourth-order valence-electron chi connectivity index (χ4n) is 3.57. The van der Waals surface area contributed by atoms with Gasteiger partial charge in [0.2, 0.25) is 11.8 Å². The van der Waals surface area contributed by atoms with Gasteiger partial charge in [-0.2, -0.15) is 12.6 Å². The SMILES string of the molecule is CCOC(=O)CCNC(=O)C(c1cccc(C)c1O)N(C(=O)C(CS)NC(=O)OC(C)(C)C)C(C)(C)C. The van der Waals surface area contributed by atoms with Crippen LogP contribution in [0.4, 0.5) is 4.79 Å². The molecule has 1 aromatic carbocycles. The Bertz CT molecular complexity index is 970. The Balaban J connectivity index is 3.47. The summed E-state index contributed by atoms with van der Waals surface area (Å²) in [5, 5.41) is 16.1. The minimum Gasteiger partial charge on any atom is -0.507 e. The lowest BCUT2D eigenvalue weighted by Gasteiger charge is -2.43. The number of ether oxygens (including phenoxy) is 2. The van der Waals surface area contributed by atoms with Crippen molar-refractivity contribution in [2.24, 2.45) is 0 Å². The molecule has 0 heterocycles. The molecule has 2 atom stereocenters. The number of hydrogen-bond acceptors (Lipinski definition) is 8. The summed E-state index contributed by atoms with van der Waals surface area (Å²) in [6.45, 7) is 13.8. The Labute approximate surface area is 224 Å². The number of para-hydroxylation sites is 1. The summed E-state index contributed by atoms with van der Waals surface area (Å²) in [6.07, 6.45) is -0.864. The van der Waals surface area contributed by atoms with E-state index in [1.54, 1.807) is 73.6 Å². The van der Waals surface area contributed by atoms with Crippen LogP contribution in [-0.2, 0) is 23.9 Å². The average molecular weight is 540 g/mol. The quantitative estimate of drug-likeness (QED) is 0.265. The molecule has 0 aliphatic rings. The largest absolute Gasteiger partial charge is 0.507 e. The number of hydrogen-bond donors (Lipinski definition) is 4. The van der Waals surface area contributed by atoms with Gasteiger partial charge in [-0.3, -0.25) is 14.4 Å². The number of carbonyl (C=O) groups is 4. The van der Waals surface area contributed by atoms with Crippen molar-refractivity contribution < 1.29 is 33.8 Å². The molecule has 2 unspecified atom stereocenters. The van der Waals surface area contributed by atoms with Crippen molar-refractivity contribution in [2.45, 2.75) is 85.0 Å². The van der Waals surface area contributed by atoms with Crippen LogP contribution in [0.15, 0.2) is 18.2 Å². The monoisotopic (exact) mass is 539 g/mol. The van der Waals surface area contributed by atoms with Gasteiger partial charge in [-0.05, 0) is 61.0 Å². The predicted molar refractivity (Wildman–Crippen MR) is 143 cm³/mol. The van der Waals surface area contributed by atoms with Gasteiger partial charge in [-0.25, -0.2) is 4.79 Å². The molecule has 37 heavy (non-hydrogen) atoms. The molecule has 0 fully saturated rings. The fraction of sp³-hybridized carbons (Fsp3) is 0.615. The summed E-state index contributed by atoms with van der Waals surface area (Å²) >= 11 is 4.26. The Morgan fingerprint density at radius 3 is 2.24 bits per heavy atom. The minimum absolute atomic E-state index is 0.0287. The van der Waals surface area contributed by atoms with Crippen molar-refractivity contribution in [2.75, 3.05) is 18.9 Å². The van der Waals surface area contributed by atoms with E-state index in [0.29, 0.717) is 5.56 Å². The van der Waals surface area contributed by atoms with E-state index in [0.717, 1.165) is 0 Å². The number of carbonyl (C=O) groups excluding carboxylic acids is 4. The van der Waals surface area contributed by atoms with Crippen LogP contribution < -0.4 is 10.6 Å². The van der Waals surface area contributed by atoms with Gasteiger partial charge in [0.05, 0.1) is 13.0 Å². The number of nitrogens with one attached hydrogen (secondary N) is 2. The highest BCUT2D eigenvalue weighted by molar-refractivity contribution is 7.80.